The number of carbonyl (C=O) groups is 1. The third-order valence-electron chi connectivity index (χ3n) is 5.67. The first-order valence-corrected chi connectivity index (χ1v) is 9.01. The number of aromatic nitrogens is 3. The molecule has 24 heavy (non-hydrogen) atoms. The van der Waals surface area contributed by atoms with Gasteiger partial charge in [-0.1, -0.05) is 6.42 Å². The Kier molecular flexibility index (Phi) is 5.20. The minimum absolute atomic E-state index is 0.0289. The molecule has 1 unspecified atom stereocenters. The lowest BCUT2D eigenvalue weighted by Gasteiger charge is -2.50. The third kappa shape index (κ3) is 3.19. The molecule has 3 rings (SSSR count). The van der Waals surface area contributed by atoms with Crippen molar-refractivity contribution in [3.05, 3.63) is 11.4 Å². The highest BCUT2D eigenvalue weighted by atomic mass is 16.5. The predicted octanol–water partition coefficient (Wildman–Crippen LogP) is 1.29. The summed E-state index contributed by atoms with van der Waals surface area (Å²) in [5.74, 6) is 0.167. The average Bonchev–Trinajstić information content (AvgIpc) is 2.95. The van der Waals surface area contributed by atoms with Gasteiger partial charge in [0.15, 0.2) is 5.69 Å². The summed E-state index contributed by atoms with van der Waals surface area (Å²) >= 11 is 0. The first-order chi connectivity index (χ1) is 11.6. The van der Waals surface area contributed by atoms with Crippen LogP contribution in [0.1, 0.15) is 55.2 Å². The molecular weight excluding hydrogens is 308 g/mol. The summed E-state index contributed by atoms with van der Waals surface area (Å²) < 4.78 is 5.47. The molecule has 2 aliphatic rings. The van der Waals surface area contributed by atoms with Crippen molar-refractivity contribution in [1.82, 2.24) is 20.3 Å². The van der Waals surface area contributed by atoms with Crippen molar-refractivity contribution in [3.8, 4) is 0 Å². The Morgan fingerprint density at radius 2 is 2.12 bits per heavy atom. The van der Waals surface area contributed by atoms with E-state index in [9.17, 15) is 9.90 Å². The Hall–Kier alpha value is -1.47. The van der Waals surface area contributed by atoms with E-state index >= 15 is 0 Å². The fraction of sp³-hybridized carbons (Fsp3) is 0.824. The zero-order valence-electron chi connectivity index (χ0n) is 14.6. The number of aliphatic hydroxyl groups excluding tert-OH is 1. The average molecular weight is 336 g/mol. The first kappa shape index (κ1) is 17.4. The molecular formula is C17H28N4O3. The molecule has 134 valence electrons. The van der Waals surface area contributed by atoms with E-state index in [-0.39, 0.29) is 24.0 Å². The summed E-state index contributed by atoms with van der Waals surface area (Å²) in [7, 11) is 0. The van der Waals surface area contributed by atoms with Gasteiger partial charge in [-0.3, -0.25) is 4.79 Å². The maximum absolute atomic E-state index is 12.8. The van der Waals surface area contributed by atoms with Gasteiger partial charge in [-0.25, -0.2) is 0 Å². The Labute approximate surface area is 142 Å². The SMILES string of the molecule is CCn1nc(C)c(C(=O)NC(C2CCOCC2)C2(CO)CCC2)n1. The Bertz CT molecular complexity index is 571. The van der Waals surface area contributed by atoms with Crippen LogP contribution in [0.15, 0.2) is 0 Å². The molecule has 2 fully saturated rings. The number of carbonyl (C=O) groups excluding carboxylic acids is 1. The van der Waals surface area contributed by atoms with Gasteiger partial charge in [0.1, 0.15) is 0 Å². The maximum atomic E-state index is 12.8. The zero-order valence-corrected chi connectivity index (χ0v) is 14.6. The minimum atomic E-state index is -0.188. The molecule has 7 heteroatoms. The molecule has 7 nitrogen and oxygen atoms in total. The van der Waals surface area contributed by atoms with Crippen LogP contribution in [0.2, 0.25) is 0 Å². The van der Waals surface area contributed by atoms with Gasteiger partial charge in [-0.05, 0) is 45.4 Å². The molecule has 1 aromatic heterocycles. The molecule has 2 heterocycles. The molecule has 1 saturated heterocycles. The lowest BCUT2D eigenvalue weighted by molar-refractivity contribution is -0.0379. The standard InChI is InChI=1S/C17H28N4O3/c1-3-21-19-12(2)14(20-21)16(23)18-15(13-5-9-24-10-6-13)17(11-22)7-4-8-17/h13,15,22H,3-11H2,1-2H3,(H,18,23). The second-order valence-electron chi connectivity index (χ2n) is 7.10. The quantitative estimate of drug-likeness (QED) is 0.817. The summed E-state index contributed by atoms with van der Waals surface area (Å²) in [5.41, 5.74) is 0.847. The van der Waals surface area contributed by atoms with Crippen LogP contribution in [0.5, 0.6) is 0 Å². The number of nitrogens with zero attached hydrogens (tertiary/aromatic N) is 3. The summed E-state index contributed by atoms with van der Waals surface area (Å²) in [4.78, 5) is 14.4. The van der Waals surface area contributed by atoms with E-state index in [4.69, 9.17) is 4.74 Å². The van der Waals surface area contributed by atoms with Gasteiger partial charge in [-0.2, -0.15) is 9.90 Å². The molecule has 1 amide bonds. The van der Waals surface area contributed by atoms with Gasteiger partial charge in [0.2, 0.25) is 0 Å². The summed E-state index contributed by atoms with van der Waals surface area (Å²) in [6, 6.07) is -0.0289. The van der Waals surface area contributed by atoms with Gasteiger partial charge >= 0.3 is 0 Å². The van der Waals surface area contributed by atoms with E-state index in [1.54, 1.807) is 4.80 Å². The highest BCUT2D eigenvalue weighted by Gasteiger charge is 2.48. The second-order valence-corrected chi connectivity index (χ2v) is 7.10. The molecule has 1 aliphatic heterocycles. The Morgan fingerprint density at radius 1 is 1.42 bits per heavy atom. The molecule has 0 bridgehead atoms. The lowest BCUT2D eigenvalue weighted by Crippen LogP contribution is -2.57. The van der Waals surface area contributed by atoms with Crippen molar-refractivity contribution in [2.75, 3.05) is 19.8 Å². The molecule has 2 N–H and O–H groups in total. The van der Waals surface area contributed by atoms with Crippen molar-refractivity contribution < 1.29 is 14.6 Å². The largest absolute Gasteiger partial charge is 0.396 e. The number of amides is 1. The predicted molar refractivity (Wildman–Crippen MR) is 88.6 cm³/mol. The second kappa shape index (κ2) is 7.19. The highest BCUT2D eigenvalue weighted by Crippen LogP contribution is 2.47. The number of hydrogen-bond donors (Lipinski definition) is 2. The molecule has 1 saturated carbocycles. The third-order valence-corrected chi connectivity index (χ3v) is 5.67. The van der Waals surface area contributed by atoms with Crippen LogP contribution in [-0.2, 0) is 11.3 Å². The summed E-state index contributed by atoms with van der Waals surface area (Å²) in [5, 5.41) is 21.8. The van der Waals surface area contributed by atoms with E-state index in [0.717, 1.165) is 45.3 Å². The normalized spacial score (nSPS) is 22.0. The molecule has 0 aromatic carbocycles. The molecule has 1 atom stereocenters. The summed E-state index contributed by atoms with van der Waals surface area (Å²) in [6.07, 6.45) is 4.89. The van der Waals surface area contributed by atoms with Gasteiger partial charge in [0.05, 0.1) is 18.8 Å². The Balaban J connectivity index is 1.80. The van der Waals surface area contributed by atoms with E-state index in [1.165, 1.54) is 0 Å². The molecule has 0 spiro atoms. The van der Waals surface area contributed by atoms with Crippen molar-refractivity contribution >= 4 is 5.91 Å². The maximum Gasteiger partial charge on any atom is 0.274 e. The van der Waals surface area contributed by atoms with Crippen molar-refractivity contribution in [1.29, 1.82) is 0 Å². The van der Waals surface area contributed by atoms with E-state index in [2.05, 4.69) is 15.5 Å². The van der Waals surface area contributed by atoms with Gasteiger partial charge in [-0.15, -0.1) is 5.10 Å². The minimum Gasteiger partial charge on any atom is -0.396 e. The van der Waals surface area contributed by atoms with Crippen LogP contribution in [-0.4, -0.2) is 51.9 Å². The fourth-order valence-electron chi connectivity index (χ4n) is 4.01. The van der Waals surface area contributed by atoms with Crippen LogP contribution in [0.4, 0.5) is 0 Å². The molecule has 1 aromatic rings. The number of nitrogens with one attached hydrogen (secondary N) is 1. The van der Waals surface area contributed by atoms with E-state index in [0.29, 0.717) is 23.9 Å². The lowest BCUT2D eigenvalue weighted by atomic mass is 9.60. The zero-order chi connectivity index (χ0) is 17.2. The van der Waals surface area contributed by atoms with E-state index < -0.39 is 0 Å². The highest BCUT2D eigenvalue weighted by molar-refractivity contribution is 5.93. The number of aryl methyl sites for hydroxylation is 2. The van der Waals surface area contributed by atoms with Crippen molar-refractivity contribution in [2.24, 2.45) is 11.3 Å². The van der Waals surface area contributed by atoms with Crippen molar-refractivity contribution in [2.45, 2.75) is 58.5 Å². The van der Waals surface area contributed by atoms with Crippen LogP contribution in [0, 0.1) is 18.3 Å². The van der Waals surface area contributed by atoms with Crippen LogP contribution in [0.3, 0.4) is 0 Å². The van der Waals surface area contributed by atoms with Crippen LogP contribution >= 0.6 is 0 Å². The van der Waals surface area contributed by atoms with Crippen LogP contribution in [0.25, 0.3) is 0 Å². The number of rotatable bonds is 6. The van der Waals surface area contributed by atoms with E-state index in [1.807, 2.05) is 13.8 Å². The summed E-state index contributed by atoms with van der Waals surface area (Å²) in [6.45, 7) is 5.96. The van der Waals surface area contributed by atoms with Crippen molar-refractivity contribution in [3.63, 3.8) is 0 Å². The number of aliphatic hydroxyl groups is 1. The van der Waals surface area contributed by atoms with Gasteiger partial charge < -0.3 is 15.2 Å². The molecule has 1 aliphatic carbocycles. The van der Waals surface area contributed by atoms with Gasteiger partial charge in [0.25, 0.3) is 5.91 Å². The number of ether oxygens (including phenoxy) is 1. The van der Waals surface area contributed by atoms with Gasteiger partial charge in [0, 0.05) is 24.7 Å². The first-order valence-electron chi connectivity index (χ1n) is 9.01. The molecule has 0 radical (unpaired) electrons. The fourth-order valence-corrected chi connectivity index (χ4v) is 4.01. The Morgan fingerprint density at radius 3 is 2.62 bits per heavy atom. The monoisotopic (exact) mass is 336 g/mol. The topological polar surface area (TPSA) is 89.3 Å². The van der Waals surface area contributed by atoms with Crippen LogP contribution < -0.4 is 5.32 Å². The smallest absolute Gasteiger partial charge is 0.274 e. The number of hydrogen-bond acceptors (Lipinski definition) is 5.